The van der Waals surface area contributed by atoms with Crippen LogP contribution in [0, 0.1) is 0 Å². The molecule has 1 atom stereocenters. The van der Waals surface area contributed by atoms with Gasteiger partial charge in [0, 0.05) is 23.4 Å². The predicted molar refractivity (Wildman–Crippen MR) is 123 cm³/mol. The van der Waals surface area contributed by atoms with Crippen LogP contribution in [0.25, 0.3) is 0 Å². The van der Waals surface area contributed by atoms with Gasteiger partial charge in [0.1, 0.15) is 11.4 Å². The third kappa shape index (κ3) is 3.38. The Morgan fingerprint density at radius 2 is 1.71 bits per heavy atom. The molecule has 0 aromatic heterocycles. The lowest BCUT2D eigenvalue weighted by atomic mass is 9.91. The van der Waals surface area contributed by atoms with Crippen molar-refractivity contribution in [3.05, 3.63) is 107 Å². The number of nitrogens with one attached hydrogen (secondary N) is 1. The number of ether oxygens (including phenoxy) is 1. The monoisotopic (exact) mass is 409 g/mol. The van der Waals surface area contributed by atoms with E-state index in [1.165, 1.54) is 0 Å². The van der Waals surface area contributed by atoms with Crippen molar-refractivity contribution >= 4 is 17.3 Å². The van der Waals surface area contributed by atoms with E-state index in [2.05, 4.69) is 5.32 Å². The molecule has 31 heavy (non-hydrogen) atoms. The van der Waals surface area contributed by atoms with Gasteiger partial charge in [-0.05, 0) is 29.8 Å². The minimum Gasteiger partial charge on any atom is -0.497 e. The molecule has 0 fully saturated rings. The van der Waals surface area contributed by atoms with Gasteiger partial charge in [-0.1, -0.05) is 60.7 Å². The first-order valence-electron chi connectivity index (χ1n) is 10.4. The van der Waals surface area contributed by atoms with Gasteiger partial charge in [-0.3, -0.25) is 14.7 Å². The van der Waals surface area contributed by atoms with Crippen molar-refractivity contribution < 1.29 is 9.53 Å². The molecule has 2 aliphatic heterocycles. The number of carbonyl (C=O) groups is 1. The van der Waals surface area contributed by atoms with Crippen molar-refractivity contribution in [2.45, 2.75) is 6.04 Å². The third-order valence-electron chi connectivity index (χ3n) is 5.66. The van der Waals surface area contributed by atoms with E-state index in [-0.39, 0.29) is 11.9 Å². The largest absolute Gasteiger partial charge is 0.497 e. The van der Waals surface area contributed by atoms with Crippen molar-refractivity contribution in [1.29, 1.82) is 0 Å². The molecule has 0 saturated carbocycles. The van der Waals surface area contributed by atoms with Crippen LogP contribution >= 0.6 is 0 Å². The van der Waals surface area contributed by atoms with Crippen molar-refractivity contribution in [2.75, 3.05) is 25.1 Å². The van der Waals surface area contributed by atoms with E-state index in [1.54, 1.807) is 7.11 Å². The zero-order valence-electron chi connectivity index (χ0n) is 17.3. The molecule has 5 rings (SSSR count). The fourth-order valence-electron chi connectivity index (χ4n) is 4.30. The molecule has 3 aromatic carbocycles. The third-order valence-corrected chi connectivity index (χ3v) is 5.66. The second-order valence-electron chi connectivity index (χ2n) is 7.50. The molecule has 0 saturated heterocycles. The van der Waals surface area contributed by atoms with Gasteiger partial charge in [-0.15, -0.1) is 0 Å². The molecule has 0 aliphatic carbocycles. The van der Waals surface area contributed by atoms with E-state index in [0.717, 1.165) is 33.8 Å². The van der Waals surface area contributed by atoms with Crippen LogP contribution in [0.5, 0.6) is 5.75 Å². The summed E-state index contributed by atoms with van der Waals surface area (Å²) < 4.78 is 5.49. The first-order valence-corrected chi connectivity index (χ1v) is 10.4. The highest BCUT2D eigenvalue weighted by atomic mass is 16.5. The summed E-state index contributed by atoms with van der Waals surface area (Å²) in [5.41, 5.74) is 5.23. The SMILES string of the molecule is COc1cccc([C@@H]2C3=C(NCCN=C3c3ccccc3)C(=O)N2c2ccccc2)c1. The molecule has 0 bridgehead atoms. The highest BCUT2D eigenvalue weighted by molar-refractivity contribution is 6.23. The number of rotatable bonds is 4. The Kier molecular flexibility index (Phi) is 5.00. The van der Waals surface area contributed by atoms with Crippen LogP contribution in [0.4, 0.5) is 5.69 Å². The zero-order chi connectivity index (χ0) is 21.2. The summed E-state index contributed by atoms with van der Waals surface area (Å²) in [6, 6.07) is 27.5. The molecular weight excluding hydrogens is 386 g/mol. The highest BCUT2D eigenvalue weighted by Crippen LogP contribution is 2.43. The van der Waals surface area contributed by atoms with Crippen LogP contribution in [0.2, 0.25) is 0 Å². The number of aliphatic imine (C=N–C) groups is 1. The molecule has 5 nitrogen and oxygen atoms in total. The average molecular weight is 409 g/mol. The maximum absolute atomic E-state index is 13.7. The summed E-state index contributed by atoms with van der Waals surface area (Å²) >= 11 is 0. The summed E-state index contributed by atoms with van der Waals surface area (Å²) in [4.78, 5) is 20.5. The zero-order valence-corrected chi connectivity index (χ0v) is 17.3. The van der Waals surface area contributed by atoms with Gasteiger partial charge < -0.3 is 10.1 Å². The predicted octanol–water partition coefficient (Wildman–Crippen LogP) is 4.13. The van der Waals surface area contributed by atoms with Crippen LogP contribution in [-0.4, -0.2) is 31.8 Å². The lowest BCUT2D eigenvalue weighted by Crippen LogP contribution is -2.33. The van der Waals surface area contributed by atoms with Crippen LogP contribution in [0.3, 0.4) is 0 Å². The Bertz CT molecular complexity index is 1170. The summed E-state index contributed by atoms with van der Waals surface area (Å²) in [6.45, 7) is 1.23. The quantitative estimate of drug-likeness (QED) is 0.705. The van der Waals surface area contributed by atoms with Crippen molar-refractivity contribution in [3.63, 3.8) is 0 Å². The van der Waals surface area contributed by atoms with Gasteiger partial charge in [-0.25, -0.2) is 0 Å². The summed E-state index contributed by atoms with van der Waals surface area (Å²) in [5, 5.41) is 3.36. The molecule has 1 amide bonds. The number of hydrogen-bond acceptors (Lipinski definition) is 4. The van der Waals surface area contributed by atoms with Crippen LogP contribution in [0.15, 0.2) is 101 Å². The minimum absolute atomic E-state index is 0.0421. The van der Waals surface area contributed by atoms with Gasteiger partial charge in [0.2, 0.25) is 0 Å². The number of methoxy groups -OCH3 is 1. The number of hydrogen-bond donors (Lipinski definition) is 1. The van der Waals surface area contributed by atoms with E-state index in [9.17, 15) is 4.79 Å². The first kappa shape index (κ1) is 19.1. The number of nitrogens with zero attached hydrogens (tertiary/aromatic N) is 2. The molecule has 154 valence electrons. The number of benzene rings is 3. The van der Waals surface area contributed by atoms with Crippen LogP contribution in [0.1, 0.15) is 17.2 Å². The summed E-state index contributed by atoms with van der Waals surface area (Å²) in [5.74, 6) is 0.714. The van der Waals surface area contributed by atoms with Crippen LogP contribution < -0.4 is 15.0 Å². The van der Waals surface area contributed by atoms with Crippen molar-refractivity contribution in [1.82, 2.24) is 5.32 Å². The molecule has 1 N–H and O–H groups in total. The van der Waals surface area contributed by atoms with Gasteiger partial charge in [-0.2, -0.15) is 0 Å². The van der Waals surface area contributed by atoms with E-state index in [0.29, 0.717) is 18.8 Å². The second kappa shape index (κ2) is 8.11. The molecule has 2 heterocycles. The Morgan fingerprint density at radius 1 is 0.968 bits per heavy atom. The van der Waals surface area contributed by atoms with Crippen molar-refractivity contribution in [2.24, 2.45) is 4.99 Å². The topological polar surface area (TPSA) is 53.9 Å². The number of carbonyl (C=O) groups excluding carboxylic acids is 1. The molecule has 3 aromatic rings. The second-order valence-corrected chi connectivity index (χ2v) is 7.50. The minimum atomic E-state index is -0.315. The van der Waals surface area contributed by atoms with E-state index >= 15 is 0 Å². The number of anilines is 1. The van der Waals surface area contributed by atoms with E-state index in [4.69, 9.17) is 9.73 Å². The highest BCUT2D eigenvalue weighted by Gasteiger charge is 2.44. The van der Waals surface area contributed by atoms with E-state index in [1.807, 2.05) is 89.8 Å². The fourth-order valence-corrected chi connectivity index (χ4v) is 4.30. The first-order chi connectivity index (χ1) is 15.3. The summed E-state index contributed by atoms with van der Waals surface area (Å²) in [7, 11) is 1.66. The molecule has 5 heteroatoms. The molecule has 0 unspecified atom stereocenters. The van der Waals surface area contributed by atoms with Gasteiger partial charge in [0.25, 0.3) is 5.91 Å². The summed E-state index contributed by atoms with van der Waals surface area (Å²) in [6.07, 6.45) is 0. The smallest absolute Gasteiger partial charge is 0.275 e. The van der Waals surface area contributed by atoms with Gasteiger partial charge >= 0.3 is 0 Å². The van der Waals surface area contributed by atoms with Gasteiger partial charge in [0.05, 0.1) is 25.4 Å². The van der Waals surface area contributed by atoms with Crippen LogP contribution in [-0.2, 0) is 4.79 Å². The maximum Gasteiger partial charge on any atom is 0.275 e. The Balaban J connectivity index is 1.73. The lowest BCUT2D eigenvalue weighted by molar-refractivity contribution is -0.115. The molecular formula is C26H23N3O2. The van der Waals surface area contributed by atoms with E-state index < -0.39 is 0 Å². The number of amides is 1. The number of para-hydroxylation sites is 1. The molecule has 0 spiro atoms. The normalized spacial score (nSPS) is 18.2. The Hall–Kier alpha value is -3.86. The standard InChI is InChI=1S/C26H23N3O2/c1-31-21-14-8-11-19(17-21)25-22-23(18-9-4-2-5-10-18)27-15-16-28-24(22)26(30)29(25)20-12-6-3-7-13-20/h2-14,17,25,28H,15-16H2,1H3/t25-/m1/s1. The molecule has 2 aliphatic rings. The Labute approximate surface area is 181 Å². The van der Waals surface area contributed by atoms with Crippen molar-refractivity contribution in [3.8, 4) is 5.75 Å². The maximum atomic E-state index is 13.7. The Morgan fingerprint density at radius 3 is 2.45 bits per heavy atom. The molecule has 0 radical (unpaired) electrons. The lowest BCUT2D eigenvalue weighted by Gasteiger charge is -2.28. The fraction of sp³-hybridized carbons (Fsp3) is 0.154. The van der Waals surface area contributed by atoms with Gasteiger partial charge in [0.15, 0.2) is 0 Å². The average Bonchev–Trinajstić information content (AvgIpc) is 2.97.